The van der Waals surface area contributed by atoms with E-state index in [0.29, 0.717) is 19.0 Å². The molecule has 29 heavy (non-hydrogen) atoms. The van der Waals surface area contributed by atoms with Gasteiger partial charge in [0.25, 0.3) is 0 Å². The highest BCUT2D eigenvalue weighted by Crippen LogP contribution is 2.48. The second-order valence-corrected chi connectivity index (χ2v) is 8.55. The number of halogens is 3. The molecule has 0 atom stereocenters. The molecule has 1 heterocycles. The van der Waals surface area contributed by atoms with Gasteiger partial charge in [0.05, 0.1) is 18.8 Å². The Hall–Kier alpha value is -1.80. The summed E-state index contributed by atoms with van der Waals surface area (Å²) in [5.74, 6) is 0.671. The van der Waals surface area contributed by atoms with Gasteiger partial charge in [0, 0.05) is 44.2 Å². The lowest BCUT2D eigenvalue weighted by Gasteiger charge is -2.41. The van der Waals surface area contributed by atoms with Gasteiger partial charge < -0.3 is 15.4 Å². The molecule has 2 N–H and O–H groups in total. The molecule has 1 aliphatic carbocycles. The van der Waals surface area contributed by atoms with Crippen LogP contribution in [-0.4, -0.2) is 62.8 Å². The first-order valence-electron chi connectivity index (χ1n) is 10.1. The lowest BCUT2D eigenvalue weighted by atomic mass is 9.94. The van der Waals surface area contributed by atoms with E-state index in [0.717, 1.165) is 50.8 Å². The van der Waals surface area contributed by atoms with Crippen LogP contribution in [0, 0.1) is 0 Å². The van der Waals surface area contributed by atoms with Gasteiger partial charge in [-0.3, -0.25) is 9.89 Å². The van der Waals surface area contributed by atoms with Crippen LogP contribution in [0.5, 0.6) is 0 Å². The van der Waals surface area contributed by atoms with E-state index in [1.54, 1.807) is 13.1 Å². The molecule has 1 aliphatic heterocycles. The molecule has 3 rings (SSSR count). The highest BCUT2D eigenvalue weighted by Gasteiger charge is 2.45. The lowest BCUT2D eigenvalue weighted by molar-refractivity contribution is -0.137. The average molecular weight is 413 g/mol. The van der Waals surface area contributed by atoms with Crippen molar-refractivity contribution in [3.05, 3.63) is 35.4 Å². The molecule has 1 saturated heterocycles. The summed E-state index contributed by atoms with van der Waals surface area (Å²) in [7, 11) is 1.71. The van der Waals surface area contributed by atoms with Crippen LogP contribution in [0.4, 0.5) is 13.2 Å². The molecule has 1 saturated carbocycles. The van der Waals surface area contributed by atoms with Gasteiger partial charge in [0.2, 0.25) is 0 Å². The summed E-state index contributed by atoms with van der Waals surface area (Å²) >= 11 is 0. The van der Waals surface area contributed by atoms with Crippen molar-refractivity contribution in [2.45, 2.75) is 43.8 Å². The molecule has 2 aliphatic rings. The molecule has 5 nitrogen and oxygen atoms in total. The normalized spacial score (nSPS) is 20.4. The zero-order valence-corrected chi connectivity index (χ0v) is 17.4. The number of ether oxygens (including phenoxy) is 1. The number of rotatable bonds is 6. The number of alkyl halides is 3. The van der Waals surface area contributed by atoms with Crippen LogP contribution in [0.1, 0.15) is 37.8 Å². The van der Waals surface area contributed by atoms with Crippen molar-refractivity contribution in [3.63, 3.8) is 0 Å². The van der Waals surface area contributed by atoms with Gasteiger partial charge >= 0.3 is 6.18 Å². The van der Waals surface area contributed by atoms with Crippen LogP contribution >= 0.6 is 0 Å². The van der Waals surface area contributed by atoms with E-state index in [2.05, 4.69) is 34.4 Å². The second kappa shape index (κ2) is 8.52. The maximum absolute atomic E-state index is 13.1. The van der Waals surface area contributed by atoms with Crippen molar-refractivity contribution in [2.75, 3.05) is 46.4 Å². The molecule has 1 aromatic rings. The lowest BCUT2D eigenvalue weighted by Crippen LogP contribution is -2.56. The van der Waals surface area contributed by atoms with E-state index in [1.807, 2.05) is 0 Å². The number of morpholine rings is 1. The Morgan fingerprint density at radius 2 is 1.86 bits per heavy atom. The van der Waals surface area contributed by atoms with Crippen LogP contribution in [0.2, 0.25) is 0 Å². The monoisotopic (exact) mass is 412 g/mol. The van der Waals surface area contributed by atoms with E-state index in [4.69, 9.17) is 4.74 Å². The van der Waals surface area contributed by atoms with Gasteiger partial charge in [-0.25, -0.2) is 0 Å². The summed E-state index contributed by atoms with van der Waals surface area (Å²) in [4.78, 5) is 6.68. The highest BCUT2D eigenvalue weighted by atomic mass is 19.4. The van der Waals surface area contributed by atoms with Gasteiger partial charge in [-0.2, -0.15) is 13.2 Å². The molecule has 0 radical (unpaired) electrons. The largest absolute Gasteiger partial charge is 0.416 e. The molecule has 0 bridgehead atoms. The standard InChI is InChI=1S/C21H31F3N4O/c1-19(2,28-9-11-29-12-10-28)14-26-18(25-3)27-15-20(7-8-20)16-5-4-6-17(13-16)21(22,23)24/h4-6,13H,7-12,14-15H2,1-3H3,(H2,25,26,27). The van der Waals surface area contributed by atoms with Crippen molar-refractivity contribution >= 4 is 5.96 Å². The summed E-state index contributed by atoms with van der Waals surface area (Å²) in [6.07, 6.45) is -2.57. The summed E-state index contributed by atoms with van der Waals surface area (Å²) in [6, 6.07) is 5.70. The quantitative estimate of drug-likeness (QED) is 0.557. The number of nitrogens with zero attached hydrogens (tertiary/aromatic N) is 2. The predicted octanol–water partition coefficient (Wildman–Crippen LogP) is 3.01. The van der Waals surface area contributed by atoms with E-state index < -0.39 is 11.7 Å². The number of aliphatic imine (C=N–C) groups is 1. The smallest absolute Gasteiger partial charge is 0.379 e. The summed E-state index contributed by atoms with van der Waals surface area (Å²) in [6.45, 7) is 8.94. The summed E-state index contributed by atoms with van der Waals surface area (Å²) in [5.41, 5.74) is -0.154. The zero-order chi connectivity index (χ0) is 21.1. The highest BCUT2D eigenvalue weighted by molar-refractivity contribution is 5.80. The molecule has 1 aromatic carbocycles. The molecular formula is C21H31F3N4O. The number of benzene rings is 1. The maximum atomic E-state index is 13.1. The predicted molar refractivity (Wildman–Crippen MR) is 108 cm³/mol. The van der Waals surface area contributed by atoms with Crippen LogP contribution < -0.4 is 10.6 Å². The Balaban J connectivity index is 1.57. The minimum Gasteiger partial charge on any atom is -0.379 e. The maximum Gasteiger partial charge on any atom is 0.416 e. The Morgan fingerprint density at radius 3 is 2.45 bits per heavy atom. The minimum atomic E-state index is -4.32. The summed E-state index contributed by atoms with van der Waals surface area (Å²) < 4.78 is 44.6. The Morgan fingerprint density at radius 1 is 1.17 bits per heavy atom. The third-order valence-corrected chi connectivity index (χ3v) is 6.03. The number of nitrogens with one attached hydrogen (secondary N) is 2. The second-order valence-electron chi connectivity index (χ2n) is 8.55. The van der Waals surface area contributed by atoms with Gasteiger partial charge in [-0.1, -0.05) is 18.2 Å². The molecule has 8 heteroatoms. The number of hydrogen-bond donors (Lipinski definition) is 2. The fourth-order valence-corrected chi connectivity index (χ4v) is 3.80. The van der Waals surface area contributed by atoms with Crippen molar-refractivity contribution < 1.29 is 17.9 Å². The van der Waals surface area contributed by atoms with E-state index >= 15 is 0 Å². The van der Waals surface area contributed by atoms with Crippen LogP contribution in [0.15, 0.2) is 29.3 Å². The van der Waals surface area contributed by atoms with E-state index in [1.165, 1.54) is 12.1 Å². The first-order valence-corrected chi connectivity index (χ1v) is 10.1. The molecule has 0 amide bonds. The van der Waals surface area contributed by atoms with Crippen molar-refractivity contribution in [1.82, 2.24) is 15.5 Å². The third-order valence-electron chi connectivity index (χ3n) is 6.03. The van der Waals surface area contributed by atoms with E-state index in [-0.39, 0.29) is 11.0 Å². The molecule has 162 valence electrons. The van der Waals surface area contributed by atoms with Gasteiger partial charge in [-0.15, -0.1) is 0 Å². The third kappa shape index (κ3) is 5.42. The SMILES string of the molecule is CN=C(NCC1(c2cccc(C(F)(F)F)c2)CC1)NCC(C)(C)N1CCOCC1. The Kier molecular flexibility index (Phi) is 6.43. The van der Waals surface area contributed by atoms with E-state index in [9.17, 15) is 13.2 Å². The first-order chi connectivity index (χ1) is 13.7. The molecule has 0 aromatic heterocycles. The first kappa shape index (κ1) is 21.9. The van der Waals surface area contributed by atoms with Gasteiger partial charge in [0.15, 0.2) is 5.96 Å². The molecular weight excluding hydrogens is 381 g/mol. The number of hydrogen-bond acceptors (Lipinski definition) is 3. The topological polar surface area (TPSA) is 48.9 Å². The van der Waals surface area contributed by atoms with Crippen LogP contribution in [0.25, 0.3) is 0 Å². The number of guanidine groups is 1. The molecule has 0 unspecified atom stereocenters. The van der Waals surface area contributed by atoms with Gasteiger partial charge in [0.1, 0.15) is 0 Å². The van der Waals surface area contributed by atoms with Crippen LogP contribution in [0.3, 0.4) is 0 Å². The average Bonchev–Trinajstić information content (AvgIpc) is 3.49. The minimum absolute atomic E-state index is 0.0558. The van der Waals surface area contributed by atoms with Crippen molar-refractivity contribution in [2.24, 2.45) is 4.99 Å². The fraction of sp³-hybridized carbons (Fsp3) is 0.667. The molecule has 2 fully saturated rings. The van der Waals surface area contributed by atoms with Gasteiger partial charge in [-0.05, 0) is 38.3 Å². The zero-order valence-electron chi connectivity index (χ0n) is 17.4. The van der Waals surface area contributed by atoms with Crippen molar-refractivity contribution in [3.8, 4) is 0 Å². The summed E-state index contributed by atoms with van der Waals surface area (Å²) in [5, 5.41) is 6.69. The fourth-order valence-electron chi connectivity index (χ4n) is 3.80. The molecule has 0 spiro atoms. The van der Waals surface area contributed by atoms with Crippen LogP contribution in [-0.2, 0) is 16.3 Å². The van der Waals surface area contributed by atoms with Crippen molar-refractivity contribution in [1.29, 1.82) is 0 Å². The Bertz CT molecular complexity index is 723. The Labute approximate surface area is 170 Å².